The standard InChI is InChI=1S/C18H20BrN3O/c19-14-5-4-8-16(12-14)22-18(23)13-9-10-20-17(11-13)21-15-6-2-1-3-7-15/h4-5,8-12,15H,1-3,6-7H2,(H,20,21)(H,22,23). The Morgan fingerprint density at radius 1 is 1.13 bits per heavy atom. The van der Waals surface area contributed by atoms with Crippen LogP contribution in [0.3, 0.4) is 0 Å². The van der Waals surface area contributed by atoms with Gasteiger partial charge < -0.3 is 10.6 Å². The number of aromatic nitrogens is 1. The summed E-state index contributed by atoms with van der Waals surface area (Å²) in [5.74, 6) is 0.649. The van der Waals surface area contributed by atoms with Crippen LogP contribution in [0.4, 0.5) is 11.5 Å². The lowest BCUT2D eigenvalue weighted by molar-refractivity contribution is 0.102. The number of pyridine rings is 1. The zero-order valence-electron chi connectivity index (χ0n) is 12.9. The van der Waals surface area contributed by atoms with Crippen molar-refractivity contribution in [1.29, 1.82) is 0 Å². The van der Waals surface area contributed by atoms with Crippen molar-refractivity contribution in [2.45, 2.75) is 38.1 Å². The van der Waals surface area contributed by atoms with Gasteiger partial charge in [0.05, 0.1) is 0 Å². The van der Waals surface area contributed by atoms with E-state index in [1.807, 2.05) is 30.3 Å². The first-order valence-corrected chi connectivity index (χ1v) is 8.79. The lowest BCUT2D eigenvalue weighted by Crippen LogP contribution is -2.23. The Balaban J connectivity index is 1.67. The highest BCUT2D eigenvalue weighted by atomic mass is 79.9. The minimum Gasteiger partial charge on any atom is -0.367 e. The molecule has 23 heavy (non-hydrogen) atoms. The summed E-state index contributed by atoms with van der Waals surface area (Å²) in [6.45, 7) is 0. The Morgan fingerprint density at radius 2 is 1.96 bits per heavy atom. The molecule has 4 nitrogen and oxygen atoms in total. The monoisotopic (exact) mass is 373 g/mol. The van der Waals surface area contributed by atoms with Gasteiger partial charge in [-0.05, 0) is 43.2 Å². The minimum atomic E-state index is -0.128. The summed E-state index contributed by atoms with van der Waals surface area (Å²) in [4.78, 5) is 16.7. The molecule has 120 valence electrons. The second-order valence-electron chi connectivity index (χ2n) is 5.87. The van der Waals surface area contributed by atoms with E-state index in [2.05, 4.69) is 31.5 Å². The van der Waals surface area contributed by atoms with E-state index in [1.165, 1.54) is 32.1 Å². The van der Waals surface area contributed by atoms with Crippen molar-refractivity contribution >= 4 is 33.3 Å². The van der Waals surface area contributed by atoms with Crippen LogP contribution in [0.5, 0.6) is 0 Å². The number of nitrogens with one attached hydrogen (secondary N) is 2. The number of hydrogen-bond acceptors (Lipinski definition) is 3. The minimum absolute atomic E-state index is 0.128. The SMILES string of the molecule is O=C(Nc1cccc(Br)c1)c1ccnc(NC2CCCCC2)c1. The molecule has 0 saturated heterocycles. The summed E-state index contributed by atoms with van der Waals surface area (Å²) in [6, 6.07) is 11.6. The first-order valence-electron chi connectivity index (χ1n) is 8.00. The fourth-order valence-corrected chi connectivity index (χ4v) is 3.28. The van der Waals surface area contributed by atoms with Gasteiger partial charge in [-0.25, -0.2) is 4.98 Å². The maximum Gasteiger partial charge on any atom is 0.255 e. The topological polar surface area (TPSA) is 54.0 Å². The van der Waals surface area contributed by atoms with E-state index in [0.29, 0.717) is 11.6 Å². The lowest BCUT2D eigenvalue weighted by Gasteiger charge is -2.23. The molecule has 0 aliphatic heterocycles. The average Bonchev–Trinajstić information content (AvgIpc) is 2.56. The van der Waals surface area contributed by atoms with Gasteiger partial charge in [0.25, 0.3) is 5.91 Å². The number of amides is 1. The number of carbonyl (C=O) groups is 1. The molecule has 5 heteroatoms. The number of nitrogens with zero attached hydrogens (tertiary/aromatic N) is 1. The van der Waals surface area contributed by atoms with Crippen molar-refractivity contribution in [2.24, 2.45) is 0 Å². The number of anilines is 2. The fourth-order valence-electron chi connectivity index (χ4n) is 2.88. The summed E-state index contributed by atoms with van der Waals surface area (Å²) >= 11 is 3.40. The molecule has 1 aliphatic rings. The Bertz CT molecular complexity index is 683. The summed E-state index contributed by atoms with van der Waals surface area (Å²) in [7, 11) is 0. The first-order chi connectivity index (χ1) is 11.2. The van der Waals surface area contributed by atoms with Gasteiger partial charge in [0.2, 0.25) is 0 Å². The molecule has 1 aromatic heterocycles. The van der Waals surface area contributed by atoms with Crippen LogP contribution in [0.2, 0.25) is 0 Å². The second kappa shape index (κ2) is 7.59. The lowest BCUT2D eigenvalue weighted by atomic mass is 9.95. The largest absolute Gasteiger partial charge is 0.367 e. The van der Waals surface area contributed by atoms with Crippen LogP contribution in [0.1, 0.15) is 42.5 Å². The van der Waals surface area contributed by atoms with Crippen molar-refractivity contribution in [3.05, 3.63) is 52.6 Å². The van der Waals surface area contributed by atoms with Crippen LogP contribution in [0.25, 0.3) is 0 Å². The Morgan fingerprint density at radius 3 is 2.74 bits per heavy atom. The van der Waals surface area contributed by atoms with Crippen molar-refractivity contribution in [3.8, 4) is 0 Å². The van der Waals surface area contributed by atoms with Crippen molar-refractivity contribution in [1.82, 2.24) is 4.98 Å². The molecule has 1 aliphatic carbocycles. The van der Waals surface area contributed by atoms with Crippen LogP contribution in [0.15, 0.2) is 47.1 Å². The summed E-state index contributed by atoms with van der Waals surface area (Å²) in [6.07, 6.45) is 7.88. The van der Waals surface area contributed by atoms with Gasteiger partial charge in [-0.15, -0.1) is 0 Å². The zero-order valence-corrected chi connectivity index (χ0v) is 14.5. The highest BCUT2D eigenvalue weighted by Crippen LogP contribution is 2.21. The second-order valence-corrected chi connectivity index (χ2v) is 6.79. The van der Waals surface area contributed by atoms with Crippen LogP contribution in [0, 0.1) is 0 Å². The number of halogens is 1. The van der Waals surface area contributed by atoms with E-state index in [4.69, 9.17) is 0 Å². The number of benzene rings is 1. The summed E-state index contributed by atoms with van der Waals surface area (Å²) in [5.41, 5.74) is 1.38. The molecule has 0 radical (unpaired) electrons. The van der Waals surface area contributed by atoms with E-state index in [0.717, 1.165) is 16.0 Å². The van der Waals surface area contributed by atoms with Crippen molar-refractivity contribution < 1.29 is 4.79 Å². The maximum atomic E-state index is 12.4. The molecule has 0 spiro atoms. The normalized spacial score (nSPS) is 15.2. The Labute approximate surface area is 144 Å². The number of hydrogen-bond donors (Lipinski definition) is 2. The molecular formula is C18H20BrN3O. The molecule has 1 aromatic carbocycles. The molecule has 1 saturated carbocycles. The predicted octanol–water partition coefficient (Wildman–Crippen LogP) is 4.84. The Kier molecular flexibility index (Phi) is 5.28. The third-order valence-electron chi connectivity index (χ3n) is 4.06. The molecule has 1 fully saturated rings. The number of rotatable bonds is 4. The summed E-state index contributed by atoms with van der Waals surface area (Å²) < 4.78 is 0.935. The first kappa shape index (κ1) is 16.0. The third kappa shape index (κ3) is 4.55. The Hall–Kier alpha value is -1.88. The zero-order chi connectivity index (χ0) is 16.1. The van der Waals surface area contributed by atoms with E-state index in [1.54, 1.807) is 12.3 Å². The van der Waals surface area contributed by atoms with Gasteiger partial charge in [-0.2, -0.15) is 0 Å². The molecule has 1 amide bonds. The molecule has 1 heterocycles. The smallest absolute Gasteiger partial charge is 0.255 e. The van der Waals surface area contributed by atoms with Crippen LogP contribution in [-0.2, 0) is 0 Å². The van der Waals surface area contributed by atoms with E-state index < -0.39 is 0 Å². The molecular weight excluding hydrogens is 354 g/mol. The van der Waals surface area contributed by atoms with Gasteiger partial charge in [0, 0.05) is 28.0 Å². The average molecular weight is 374 g/mol. The molecule has 3 rings (SSSR count). The molecule has 0 bridgehead atoms. The molecule has 2 aromatic rings. The maximum absolute atomic E-state index is 12.4. The van der Waals surface area contributed by atoms with Crippen LogP contribution >= 0.6 is 15.9 Å². The van der Waals surface area contributed by atoms with Crippen LogP contribution in [-0.4, -0.2) is 16.9 Å². The van der Waals surface area contributed by atoms with Gasteiger partial charge in [-0.1, -0.05) is 41.3 Å². The third-order valence-corrected chi connectivity index (χ3v) is 4.56. The quantitative estimate of drug-likeness (QED) is 0.805. The molecule has 0 atom stereocenters. The van der Waals surface area contributed by atoms with Crippen molar-refractivity contribution in [3.63, 3.8) is 0 Å². The predicted molar refractivity (Wildman–Crippen MR) is 96.8 cm³/mol. The molecule has 2 N–H and O–H groups in total. The number of carbonyl (C=O) groups excluding carboxylic acids is 1. The summed E-state index contributed by atoms with van der Waals surface area (Å²) in [5, 5.41) is 6.36. The fraction of sp³-hybridized carbons (Fsp3) is 0.333. The van der Waals surface area contributed by atoms with Gasteiger partial charge >= 0.3 is 0 Å². The van der Waals surface area contributed by atoms with E-state index >= 15 is 0 Å². The highest BCUT2D eigenvalue weighted by molar-refractivity contribution is 9.10. The van der Waals surface area contributed by atoms with Crippen LogP contribution < -0.4 is 10.6 Å². The van der Waals surface area contributed by atoms with Gasteiger partial charge in [0.15, 0.2) is 0 Å². The van der Waals surface area contributed by atoms with E-state index in [9.17, 15) is 4.79 Å². The van der Waals surface area contributed by atoms with E-state index in [-0.39, 0.29) is 5.91 Å². The van der Waals surface area contributed by atoms with Crippen molar-refractivity contribution in [2.75, 3.05) is 10.6 Å². The highest BCUT2D eigenvalue weighted by Gasteiger charge is 2.14. The molecule has 0 unspecified atom stereocenters. The van der Waals surface area contributed by atoms with Gasteiger partial charge in [-0.3, -0.25) is 4.79 Å². The van der Waals surface area contributed by atoms with Gasteiger partial charge in [0.1, 0.15) is 5.82 Å².